The maximum atomic E-state index is 4.35. The molecule has 0 aliphatic carbocycles. The van der Waals surface area contributed by atoms with Crippen molar-refractivity contribution in [2.45, 2.75) is 24.9 Å². The summed E-state index contributed by atoms with van der Waals surface area (Å²) in [7, 11) is 2.01. The fourth-order valence-corrected chi connectivity index (χ4v) is 2.94. The molecule has 0 aliphatic heterocycles. The lowest BCUT2D eigenvalue weighted by Crippen LogP contribution is -2.19. The molecule has 0 bridgehead atoms. The highest BCUT2D eigenvalue weighted by atomic mass is 32.2. The van der Waals surface area contributed by atoms with Gasteiger partial charge >= 0.3 is 0 Å². The van der Waals surface area contributed by atoms with Gasteiger partial charge in [-0.25, -0.2) is 4.98 Å². The first-order chi connectivity index (χ1) is 9.20. The topological polar surface area (TPSA) is 24.9 Å². The molecular weight excluding hydrogens is 252 g/mol. The standard InChI is InChI=1S/C16H20N2S/c1-12-7-8-14(10-13(12)2)15(17-3)11-19-16-6-4-5-9-18-16/h4-10,15,17H,11H2,1-3H3. The van der Waals surface area contributed by atoms with Crippen molar-refractivity contribution in [2.75, 3.05) is 12.8 Å². The van der Waals surface area contributed by atoms with E-state index >= 15 is 0 Å². The molecule has 1 unspecified atom stereocenters. The number of thioether (sulfide) groups is 1. The summed E-state index contributed by atoms with van der Waals surface area (Å²) in [6.07, 6.45) is 1.84. The van der Waals surface area contributed by atoms with Crippen molar-refractivity contribution < 1.29 is 0 Å². The summed E-state index contributed by atoms with van der Waals surface area (Å²) in [6.45, 7) is 4.31. The van der Waals surface area contributed by atoms with Gasteiger partial charge < -0.3 is 5.32 Å². The van der Waals surface area contributed by atoms with E-state index in [0.717, 1.165) is 10.8 Å². The van der Waals surface area contributed by atoms with E-state index in [2.05, 4.69) is 48.4 Å². The molecule has 1 atom stereocenters. The molecule has 0 fully saturated rings. The van der Waals surface area contributed by atoms with E-state index in [4.69, 9.17) is 0 Å². The van der Waals surface area contributed by atoms with E-state index in [1.807, 2.05) is 25.4 Å². The van der Waals surface area contributed by atoms with Crippen LogP contribution < -0.4 is 5.32 Å². The molecule has 2 rings (SSSR count). The van der Waals surface area contributed by atoms with E-state index in [1.165, 1.54) is 16.7 Å². The maximum absolute atomic E-state index is 4.35. The van der Waals surface area contributed by atoms with Crippen molar-refractivity contribution in [3.8, 4) is 0 Å². The minimum atomic E-state index is 0.353. The molecule has 2 aromatic rings. The van der Waals surface area contributed by atoms with Gasteiger partial charge in [0.05, 0.1) is 5.03 Å². The van der Waals surface area contributed by atoms with Gasteiger partial charge in [0, 0.05) is 18.0 Å². The van der Waals surface area contributed by atoms with E-state index < -0.39 is 0 Å². The number of hydrogen-bond donors (Lipinski definition) is 1. The number of nitrogens with zero attached hydrogens (tertiary/aromatic N) is 1. The first-order valence-corrected chi connectivity index (χ1v) is 7.47. The third-order valence-electron chi connectivity index (χ3n) is 3.32. The Kier molecular flexibility index (Phi) is 5.00. The number of nitrogens with one attached hydrogen (secondary N) is 1. The highest BCUT2D eigenvalue weighted by Crippen LogP contribution is 2.24. The SMILES string of the molecule is CNC(CSc1ccccn1)c1ccc(C)c(C)c1. The average molecular weight is 272 g/mol. The van der Waals surface area contributed by atoms with E-state index in [9.17, 15) is 0 Å². The lowest BCUT2D eigenvalue weighted by molar-refractivity contribution is 0.660. The van der Waals surface area contributed by atoms with Crippen LogP contribution in [-0.4, -0.2) is 17.8 Å². The van der Waals surface area contributed by atoms with Crippen LogP contribution in [0.2, 0.25) is 0 Å². The molecular formula is C16H20N2S. The van der Waals surface area contributed by atoms with Gasteiger partial charge in [-0.1, -0.05) is 24.3 Å². The van der Waals surface area contributed by atoms with Crippen molar-refractivity contribution >= 4 is 11.8 Å². The summed E-state index contributed by atoms with van der Waals surface area (Å²) >= 11 is 1.78. The van der Waals surface area contributed by atoms with E-state index in [1.54, 1.807) is 11.8 Å². The molecule has 3 heteroatoms. The lowest BCUT2D eigenvalue weighted by atomic mass is 10.0. The van der Waals surface area contributed by atoms with E-state index in [-0.39, 0.29) is 0 Å². The van der Waals surface area contributed by atoms with Crippen LogP contribution in [0, 0.1) is 13.8 Å². The Labute approximate surface area is 119 Å². The molecule has 0 aliphatic rings. The summed E-state index contributed by atoms with van der Waals surface area (Å²) in [5.41, 5.74) is 4.03. The average Bonchev–Trinajstić information content (AvgIpc) is 2.44. The number of aromatic nitrogens is 1. The number of hydrogen-bond acceptors (Lipinski definition) is 3. The fraction of sp³-hybridized carbons (Fsp3) is 0.312. The Balaban J connectivity index is 2.05. The highest BCUT2D eigenvalue weighted by molar-refractivity contribution is 7.99. The third kappa shape index (κ3) is 3.82. The van der Waals surface area contributed by atoms with Gasteiger partial charge in [-0.05, 0) is 49.7 Å². The largest absolute Gasteiger partial charge is 0.312 e. The predicted octanol–water partition coefficient (Wildman–Crippen LogP) is 3.75. The van der Waals surface area contributed by atoms with Crippen LogP contribution in [0.1, 0.15) is 22.7 Å². The zero-order chi connectivity index (χ0) is 13.7. The van der Waals surface area contributed by atoms with Crippen LogP contribution in [0.15, 0.2) is 47.6 Å². The lowest BCUT2D eigenvalue weighted by Gasteiger charge is -2.17. The zero-order valence-corrected chi connectivity index (χ0v) is 12.5. The van der Waals surface area contributed by atoms with Gasteiger partial charge in [0.25, 0.3) is 0 Å². The van der Waals surface area contributed by atoms with Crippen molar-refractivity contribution in [1.29, 1.82) is 0 Å². The number of benzene rings is 1. The Bertz CT molecular complexity index is 526. The summed E-state index contributed by atoms with van der Waals surface area (Å²) in [5.74, 6) is 0.982. The fourth-order valence-electron chi connectivity index (χ4n) is 1.93. The van der Waals surface area contributed by atoms with Gasteiger partial charge in [0.1, 0.15) is 0 Å². The molecule has 100 valence electrons. The molecule has 0 spiro atoms. The predicted molar refractivity (Wildman–Crippen MR) is 82.7 cm³/mol. The Morgan fingerprint density at radius 1 is 1.16 bits per heavy atom. The van der Waals surface area contributed by atoms with Crippen LogP contribution in [0.3, 0.4) is 0 Å². The smallest absolute Gasteiger partial charge is 0.0960 e. The summed E-state index contributed by atoms with van der Waals surface area (Å²) in [5, 5.41) is 4.46. The second kappa shape index (κ2) is 6.73. The monoisotopic (exact) mass is 272 g/mol. The molecule has 0 radical (unpaired) electrons. The van der Waals surface area contributed by atoms with Gasteiger partial charge in [-0.15, -0.1) is 11.8 Å². The summed E-state index contributed by atoms with van der Waals surface area (Å²) < 4.78 is 0. The Morgan fingerprint density at radius 3 is 2.63 bits per heavy atom. The van der Waals surface area contributed by atoms with Crippen LogP contribution in [-0.2, 0) is 0 Å². The highest BCUT2D eigenvalue weighted by Gasteiger charge is 2.10. The molecule has 0 saturated carbocycles. The Morgan fingerprint density at radius 2 is 2.00 bits per heavy atom. The first-order valence-electron chi connectivity index (χ1n) is 6.49. The van der Waals surface area contributed by atoms with Crippen molar-refractivity contribution in [1.82, 2.24) is 10.3 Å². The minimum Gasteiger partial charge on any atom is -0.312 e. The molecule has 1 heterocycles. The van der Waals surface area contributed by atoms with Crippen LogP contribution >= 0.6 is 11.8 Å². The number of rotatable bonds is 5. The van der Waals surface area contributed by atoms with Crippen molar-refractivity contribution in [3.05, 3.63) is 59.3 Å². The van der Waals surface area contributed by atoms with Crippen molar-refractivity contribution in [2.24, 2.45) is 0 Å². The molecule has 1 aromatic carbocycles. The first kappa shape index (κ1) is 14.1. The quantitative estimate of drug-likeness (QED) is 0.839. The summed E-state index contributed by atoms with van der Waals surface area (Å²) in [4.78, 5) is 4.35. The molecule has 0 saturated heterocycles. The van der Waals surface area contributed by atoms with Crippen LogP contribution in [0.25, 0.3) is 0 Å². The zero-order valence-electron chi connectivity index (χ0n) is 11.7. The second-order valence-electron chi connectivity index (χ2n) is 4.66. The second-order valence-corrected chi connectivity index (χ2v) is 5.70. The maximum Gasteiger partial charge on any atom is 0.0960 e. The number of pyridine rings is 1. The minimum absolute atomic E-state index is 0.353. The summed E-state index contributed by atoms with van der Waals surface area (Å²) in [6, 6.07) is 13.1. The third-order valence-corrected chi connectivity index (χ3v) is 4.35. The van der Waals surface area contributed by atoms with Gasteiger partial charge in [-0.2, -0.15) is 0 Å². The van der Waals surface area contributed by atoms with E-state index in [0.29, 0.717) is 6.04 Å². The van der Waals surface area contributed by atoms with Crippen LogP contribution in [0.4, 0.5) is 0 Å². The Hall–Kier alpha value is -1.32. The van der Waals surface area contributed by atoms with Gasteiger partial charge in [0.2, 0.25) is 0 Å². The normalized spacial score (nSPS) is 12.4. The van der Waals surface area contributed by atoms with Crippen LogP contribution in [0.5, 0.6) is 0 Å². The molecule has 0 amide bonds. The number of aryl methyl sites for hydroxylation is 2. The molecule has 1 aromatic heterocycles. The molecule has 2 nitrogen and oxygen atoms in total. The molecule has 1 N–H and O–H groups in total. The van der Waals surface area contributed by atoms with Gasteiger partial charge in [0.15, 0.2) is 0 Å². The molecule has 19 heavy (non-hydrogen) atoms. The van der Waals surface area contributed by atoms with Gasteiger partial charge in [-0.3, -0.25) is 0 Å². The van der Waals surface area contributed by atoms with Crippen molar-refractivity contribution in [3.63, 3.8) is 0 Å².